The van der Waals surface area contributed by atoms with Crippen molar-refractivity contribution in [2.24, 2.45) is 11.8 Å². The number of amides is 1. The fraction of sp³-hybridized carbons (Fsp3) is 0.618. The molecule has 5 rings (SSSR count). The molecule has 0 bridgehead atoms. The highest BCUT2D eigenvalue weighted by Crippen LogP contribution is 2.39. The molecule has 0 spiro atoms. The molecule has 1 unspecified atom stereocenters. The van der Waals surface area contributed by atoms with Crippen LogP contribution < -0.4 is 14.5 Å². The van der Waals surface area contributed by atoms with Gasteiger partial charge in [0.05, 0.1) is 19.3 Å². The number of rotatable bonds is 8. The maximum absolute atomic E-state index is 14.0. The van der Waals surface area contributed by atoms with Crippen LogP contribution in [-0.2, 0) is 9.53 Å². The van der Waals surface area contributed by atoms with Gasteiger partial charge in [-0.2, -0.15) is 0 Å². The van der Waals surface area contributed by atoms with Gasteiger partial charge in [-0.05, 0) is 118 Å². The zero-order chi connectivity index (χ0) is 28.1. The second kappa shape index (κ2) is 13.4. The molecular formula is C34H48N2O4. The first-order valence-corrected chi connectivity index (χ1v) is 15.5. The predicted octanol–water partition coefficient (Wildman–Crippen LogP) is 6.48. The van der Waals surface area contributed by atoms with Crippen molar-refractivity contribution in [3.63, 3.8) is 0 Å². The Morgan fingerprint density at radius 3 is 2.45 bits per heavy atom. The summed E-state index contributed by atoms with van der Waals surface area (Å²) in [5.41, 5.74) is 4.80. The van der Waals surface area contributed by atoms with Gasteiger partial charge in [0, 0.05) is 44.0 Å². The molecule has 1 atom stereocenters. The molecule has 40 heavy (non-hydrogen) atoms. The second-order valence-electron chi connectivity index (χ2n) is 12.4. The summed E-state index contributed by atoms with van der Waals surface area (Å²) >= 11 is 0. The lowest BCUT2D eigenvalue weighted by molar-refractivity contribution is -0.124. The summed E-state index contributed by atoms with van der Waals surface area (Å²) in [5.74, 6) is 2.25. The summed E-state index contributed by atoms with van der Waals surface area (Å²) in [6, 6.07) is 15.2. The molecule has 6 heteroatoms. The standard InChI is InChI=1S/C34H48N2O4/c1-24-20-28(15-18-33(24)40-3)26-11-9-25(10-12-26)22-36(34(38)27-13-16-31(37)17-14-27)30-7-4-6-29(21-30)35-19-5-8-32(23-35)39-2/h4,6-7,15,18,20-21,25-27,31-32,37H,5,8-14,16-17,19,22-23H2,1-3H3. The van der Waals surface area contributed by atoms with Gasteiger partial charge in [-0.15, -0.1) is 0 Å². The summed E-state index contributed by atoms with van der Waals surface area (Å²) in [6.07, 6.45) is 9.79. The molecule has 2 aromatic rings. The van der Waals surface area contributed by atoms with E-state index in [2.05, 4.69) is 59.2 Å². The third-order valence-electron chi connectivity index (χ3n) is 9.71. The molecule has 1 heterocycles. The van der Waals surface area contributed by atoms with Gasteiger partial charge < -0.3 is 24.4 Å². The number of aliphatic hydroxyl groups excluding tert-OH is 1. The fourth-order valence-corrected chi connectivity index (χ4v) is 7.18. The van der Waals surface area contributed by atoms with Crippen molar-refractivity contribution < 1.29 is 19.4 Å². The number of anilines is 2. The molecule has 0 radical (unpaired) electrons. The highest BCUT2D eigenvalue weighted by molar-refractivity contribution is 5.95. The normalized spacial score (nSPS) is 27.3. The summed E-state index contributed by atoms with van der Waals surface area (Å²) in [5, 5.41) is 10.1. The summed E-state index contributed by atoms with van der Waals surface area (Å²) in [7, 11) is 3.53. The molecule has 1 aliphatic heterocycles. The van der Waals surface area contributed by atoms with Crippen molar-refractivity contribution >= 4 is 17.3 Å². The van der Waals surface area contributed by atoms with Crippen LogP contribution in [0.2, 0.25) is 0 Å². The van der Waals surface area contributed by atoms with Gasteiger partial charge in [0.25, 0.3) is 0 Å². The highest BCUT2D eigenvalue weighted by atomic mass is 16.5. The Kier molecular flexibility index (Phi) is 9.69. The minimum atomic E-state index is -0.259. The van der Waals surface area contributed by atoms with E-state index in [0.717, 1.165) is 95.3 Å². The third-order valence-corrected chi connectivity index (χ3v) is 9.71. The monoisotopic (exact) mass is 548 g/mol. The lowest BCUT2D eigenvalue weighted by Crippen LogP contribution is -2.42. The van der Waals surface area contributed by atoms with E-state index in [1.165, 1.54) is 16.8 Å². The number of piperidine rings is 1. The lowest BCUT2D eigenvalue weighted by atomic mass is 9.78. The first-order valence-electron chi connectivity index (χ1n) is 15.5. The van der Waals surface area contributed by atoms with Gasteiger partial charge in [-0.25, -0.2) is 0 Å². The minimum absolute atomic E-state index is 0.00136. The highest BCUT2D eigenvalue weighted by Gasteiger charge is 2.33. The van der Waals surface area contributed by atoms with E-state index in [-0.39, 0.29) is 24.0 Å². The quantitative estimate of drug-likeness (QED) is 0.409. The molecule has 1 amide bonds. The predicted molar refractivity (Wildman–Crippen MR) is 161 cm³/mol. The van der Waals surface area contributed by atoms with Crippen molar-refractivity contribution in [2.75, 3.05) is 43.7 Å². The number of carbonyl (C=O) groups is 1. The lowest BCUT2D eigenvalue weighted by Gasteiger charge is -2.37. The molecule has 2 aliphatic carbocycles. The topological polar surface area (TPSA) is 62.2 Å². The van der Waals surface area contributed by atoms with E-state index in [0.29, 0.717) is 11.8 Å². The fourth-order valence-electron chi connectivity index (χ4n) is 7.18. The summed E-state index contributed by atoms with van der Waals surface area (Å²) in [6.45, 7) is 4.81. The number of hydrogen-bond acceptors (Lipinski definition) is 5. The molecule has 1 N–H and O–H groups in total. The number of methoxy groups -OCH3 is 2. The van der Waals surface area contributed by atoms with Crippen LogP contribution in [0.25, 0.3) is 0 Å². The van der Waals surface area contributed by atoms with Crippen LogP contribution in [0.4, 0.5) is 11.4 Å². The van der Waals surface area contributed by atoms with Crippen LogP contribution >= 0.6 is 0 Å². The Bertz CT molecular complexity index is 1120. The Balaban J connectivity index is 1.31. The summed E-state index contributed by atoms with van der Waals surface area (Å²) in [4.78, 5) is 18.6. The first-order chi connectivity index (χ1) is 19.4. The number of aryl methyl sites for hydroxylation is 1. The van der Waals surface area contributed by atoms with Gasteiger partial charge in [-0.1, -0.05) is 18.2 Å². The molecule has 3 fully saturated rings. The molecular weight excluding hydrogens is 500 g/mol. The van der Waals surface area contributed by atoms with E-state index < -0.39 is 0 Å². The van der Waals surface area contributed by atoms with Gasteiger partial charge >= 0.3 is 0 Å². The van der Waals surface area contributed by atoms with Gasteiger partial charge in [0.15, 0.2) is 0 Å². The SMILES string of the molecule is COc1ccc(C2CCC(CN(C(=O)C3CCC(O)CC3)c3cccc(N4CCCC(OC)C4)c3)CC2)cc1C. The maximum atomic E-state index is 14.0. The van der Waals surface area contributed by atoms with Crippen molar-refractivity contribution in [1.82, 2.24) is 0 Å². The van der Waals surface area contributed by atoms with E-state index >= 15 is 0 Å². The maximum Gasteiger partial charge on any atom is 0.230 e. The summed E-state index contributed by atoms with van der Waals surface area (Å²) < 4.78 is 11.1. The van der Waals surface area contributed by atoms with Crippen molar-refractivity contribution in [2.45, 2.75) is 89.3 Å². The van der Waals surface area contributed by atoms with Gasteiger partial charge in [0.2, 0.25) is 5.91 Å². The average Bonchev–Trinajstić information content (AvgIpc) is 3.00. The molecule has 0 aromatic heterocycles. The molecule has 1 saturated heterocycles. The minimum Gasteiger partial charge on any atom is -0.496 e. The van der Waals surface area contributed by atoms with Crippen molar-refractivity contribution in [3.05, 3.63) is 53.6 Å². The molecule has 2 saturated carbocycles. The van der Waals surface area contributed by atoms with Gasteiger partial charge in [0.1, 0.15) is 5.75 Å². The molecule has 3 aliphatic rings. The van der Waals surface area contributed by atoms with E-state index in [4.69, 9.17) is 9.47 Å². The van der Waals surface area contributed by atoms with Gasteiger partial charge in [-0.3, -0.25) is 4.79 Å². The number of hydrogen-bond donors (Lipinski definition) is 1. The van der Waals surface area contributed by atoms with Crippen LogP contribution in [0.1, 0.15) is 81.3 Å². The Morgan fingerprint density at radius 1 is 0.975 bits per heavy atom. The zero-order valence-electron chi connectivity index (χ0n) is 24.7. The number of carbonyl (C=O) groups excluding carboxylic acids is 1. The van der Waals surface area contributed by atoms with Crippen molar-refractivity contribution in [1.29, 1.82) is 0 Å². The number of benzene rings is 2. The van der Waals surface area contributed by atoms with Crippen molar-refractivity contribution in [3.8, 4) is 5.75 Å². The third kappa shape index (κ3) is 6.83. The second-order valence-corrected chi connectivity index (χ2v) is 12.4. The Hall–Kier alpha value is -2.57. The largest absolute Gasteiger partial charge is 0.496 e. The van der Waals surface area contributed by atoms with Crippen LogP contribution in [0, 0.1) is 18.8 Å². The number of nitrogens with zero attached hydrogens (tertiary/aromatic N) is 2. The van der Waals surface area contributed by atoms with Crippen LogP contribution in [0.3, 0.4) is 0 Å². The average molecular weight is 549 g/mol. The zero-order valence-corrected chi connectivity index (χ0v) is 24.7. The molecule has 2 aromatic carbocycles. The van der Waals surface area contributed by atoms with Crippen LogP contribution in [-0.4, -0.2) is 57.1 Å². The molecule has 218 valence electrons. The number of aliphatic hydroxyl groups is 1. The van der Waals surface area contributed by atoms with Crippen LogP contribution in [0.5, 0.6) is 5.75 Å². The Labute approximate surface area is 240 Å². The van der Waals surface area contributed by atoms with E-state index in [1.807, 2.05) is 0 Å². The Morgan fingerprint density at radius 2 is 1.75 bits per heavy atom. The van der Waals surface area contributed by atoms with Crippen LogP contribution in [0.15, 0.2) is 42.5 Å². The molecule has 6 nitrogen and oxygen atoms in total. The number of ether oxygens (including phenoxy) is 2. The smallest absolute Gasteiger partial charge is 0.230 e. The van der Waals surface area contributed by atoms with E-state index in [9.17, 15) is 9.90 Å². The first kappa shape index (κ1) is 28.9. The van der Waals surface area contributed by atoms with E-state index in [1.54, 1.807) is 14.2 Å².